The minimum Gasteiger partial charge on any atom is -0.478 e. The highest BCUT2D eigenvalue weighted by Gasteiger charge is 2.18. The lowest BCUT2D eigenvalue weighted by atomic mass is 10.4. The van der Waals surface area contributed by atoms with Crippen LogP contribution in [0, 0.1) is 0 Å². The van der Waals surface area contributed by atoms with E-state index in [0.29, 0.717) is 18.2 Å². The van der Waals surface area contributed by atoms with Crippen LogP contribution in [0.25, 0.3) is 0 Å². The quantitative estimate of drug-likeness (QED) is 0.706. The highest BCUT2D eigenvalue weighted by molar-refractivity contribution is 7.90. The third-order valence-electron chi connectivity index (χ3n) is 2.54. The Kier molecular flexibility index (Phi) is 6.38. The summed E-state index contributed by atoms with van der Waals surface area (Å²) in [6.45, 7) is 2.33. The summed E-state index contributed by atoms with van der Waals surface area (Å²) in [5, 5.41) is 0. The molecule has 118 valence electrons. The molecule has 0 bridgehead atoms. The molecule has 1 rings (SSSR count). The summed E-state index contributed by atoms with van der Waals surface area (Å²) in [5.41, 5.74) is 0.309. The van der Waals surface area contributed by atoms with Gasteiger partial charge in [-0.25, -0.2) is 4.98 Å². The fraction of sp³-hybridized carbons (Fsp3) is 0.500. The molecule has 0 aliphatic carbocycles. The van der Waals surface area contributed by atoms with Gasteiger partial charge in [-0.15, -0.1) is 0 Å². The van der Waals surface area contributed by atoms with E-state index in [1.54, 1.807) is 12.1 Å². The van der Waals surface area contributed by atoms with Crippen molar-refractivity contribution in [2.24, 2.45) is 0 Å². The van der Waals surface area contributed by atoms with Gasteiger partial charge in [-0.05, 0) is 13.0 Å². The Morgan fingerprint density at radius 1 is 1.43 bits per heavy atom. The third kappa shape index (κ3) is 5.56. The topological polar surface area (TPSA) is 97.8 Å². The maximum absolute atomic E-state index is 12.0. The van der Waals surface area contributed by atoms with Crippen molar-refractivity contribution in [1.82, 2.24) is 9.29 Å². The average molecular weight is 317 g/mol. The van der Waals surface area contributed by atoms with Gasteiger partial charge in [0.25, 0.3) is 0 Å². The van der Waals surface area contributed by atoms with Crippen molar-refractivity contribution in [3.05, 3.63) is 18.3 Å². The van der Waals surface area contributed by atoms with Crippen molar-refractivity contribution in [3.8, 4) is 5.88 Å². The van der Waals surface area contributed by atoms with Crippen LogP contribution in [0.5, 0.6) is 5.88 Å². The summed E-state index contributed by atoms with van der Waals surface area (Å²) in [6, 6.07) is 3.11. The van der Waals surface area contributed by atoms with Crippen molar-refractivity contribution in [2.45, 2.75) is 13.3 Å². The standard InChI is InChI=1S/C12H19N3O5S/c1-4-20-11-6-5-10(9-13-11)14-21(17,18)15(2)8-7-12(16)19-3/h5-6,9,14H,4,7-8H2,1-3H3. The van der Waals surface area contributed by atoms with E-state index in [2.05, 4.69) is 14.4 Å². The molecule has 0 unspecified atom stereocenters. The number of nitrogens with one attached hydrogen (secondary N) is 1. The van der Waals surface area contributed by atoms with Gasteiger partial charge in [0.15, 0.2) is 0 Å². The highest BCUT2D eigenvalue weighted by atomic mass is 32.2. The first-order chi connectivity index (χ1) is 9.89. The molecule has 0 amide bonds. The fourth-order valence-corrected chi connectivity index (χ4v) is 2.28. The maximum Gasteiger partial charge on any atom is 0.306 e. The number of carbonyl (C=O) groups is 1. The minimum absolute atomic E-state index is 0.0184. The summed E-state index contributed by atoms with van der Waals surface area (Å²) >= 11 is 0. The molecule has 0 radical (unpaired) electrons. The lowest BCUT2D eigenvalue weighted by Crippen LogP contribution is -2.34. The van der Waals surface area contributed by atoms with E-state index < -0.39 is 16.2 Å². The molecule has 1 aromatic heterocycles. The molecule has 0 fully saturated rings. The summed E-state index contributed by atoms with van der Waals surface area (Å²) in [5.74, 6) is -0.0562. The molecular weight excluding hydrogens is 298 g/mol. The number of nitrogens with zero attached hydrogens (tertiary/aromatic N) is 2. The number of esters is 1. The summed E-state index contributed by atoms with van der Waals surface area (Å²) < 4.78 is 37.0. The largest absolute Gasteiger partial charge is 0.478 e. The lowest BCUT2D eigenvalue weighted by Gasteiger charge is -2.17. The van der Waals surface area contributed by atoms with Gasteiger partial charge in [0, 0.05) is 19.7 Å². The maximum atomic E-state index is 12.0. The van der Waals surface area contributed by atoms with Crippen LogP contribution in [0.4, 0.5) is 5.69 Å². The third-order valence-corrected chi connectivity index (χ3v) is 4.04. The molecule has 0 atom stereocenters. The number of aromatic nitrogens is 1. The molecule has 9 heteroatoms. The zero-order valence-electron chi connectivity index (χ0n) is 12.2. The molecule has 0 aliphatic rings. The lowest BCUT2D eigenvalue weighted by molar-refractivity contribution is -0.140. The van der Waals surface area contributed by atoms with Gasteiger partial charge in [-0.3, -0.25) is 9.52 Å². The van der Waals surface area contributed by atoms with E-state index in [-0.39, 0.29) is 13.0 Å². The molecule has 0 saturated heterocycles. The second kappa shape index (κ2) is 7.79. The van der Waals surface area contributed by atoms with Crippen molar-refractivity contribution in [3.63, 3.8) is 0 Å². The molecule has 21 heavy (non-hydrogen) atoms. The van der Waals surface area contributed by atoms with E-state index >= 15 is 0 Å². The first kappa shape index (κ1) is 17.2. The van der Waals surface area contributed by atoms with Crippen molar-refractivity contribution in [1.29, 1.82) is 0 Å². The van der Waals surface area contributed by atoms with Crippen LogP contribution in [0.3, 0.4) is 0 Å². The van der Waals surface area contributed by atoms with Gasteiger partial charge in [0.2, 0.25) is 5.88 Å². The normalized spacial score (nSPS) is 11.2. The average Bonchev–Trinajstić information content (AvgIpc) is 2.46. The van der Waals surface area contributed by atoms with Crippen LogP contribution >= 0.6 is 0 Å². The molecule has 8 nitrogen and oxygen atoms in total. The molecule has 0 spiro atoms. The van der Waals surface area contributed by atoms with Crippen molar-refractivity contribution in [2.75, 3.05) is 32.0 Å². The Morgan fingerprint density at radius 2 is 2.14 bits per heavy atom. The van der Waals surface area contributed by atoms with E-state index in [1.807, 2.05) is 6.92 Å². The Morgan fingerprint density at radius 3 is 2.67 bits per heavy atom. The number of hydrogen-bond acceptors (Lipinski definition) is 6. The van der Waals surface area contributed by atoms with Crippen LogP contribution in [0.2, 0.25) is 0 Å². The SMILES string of the molecule is CCOc1ccc(NS(=O)(=O)N(C)CCC(=O)OC)cn1. The molecule has 1 heterocycles. The van der Waals surface area contributed by atoms with Crippen LogP contribution < -0.4 is 9.46 Å². The highest BCUT2D eigenvalue weighted by Crippen LogP contribution is 2.14. The summed E-state index contributed by atoms with van der Waals surface area (Å²) in [7, 11) is -1.13. The summed E-state index contributed by atoms with van der Waals surface area (Å²) in [4.78, 5) is 15.0. The van der Waals surface area contributed by atoms with E-state index in [1.165, 1.54) is 20.4 Å². The number of ether oxygens (including phenoxy) is 2. The van der Waals surface area contributed by atoms with Crippen LogP contribution in [0.1, 0.15) is 13.3 Å². The van der Waals surface area contributed by atoms with E-state index in [4.69, 9.17) is 4.74 Å². The molecule has 0 saturated carbocycles. The van der Waals surface area contributed by atoms with Crippen molar-refractivity contribution < 1.29 is 22.7 Å². The Bertz CT molecular complexity index is 559. The zero-order valence-corrected chi connectivity index (χ0v) is 13.0. The fourth-order valence-electron chi connectivity index (χ4n) is 1.37. The molecule has 1 N–H and O–H groups in total. The first-order valence-electron chi connectivity index (χ1n) is 6.28. The molecule has 1 aromatic rings. The van der Waals surface area contributed by atoms with Crippen LogP contribution in [0.15, 0.2) is 18.3 Å². The second-order valence-corrected chi connectivity index (χ2v) is 5.85. The van der Waals surface area contributed by atoms with Gasteiger partial charge in [-0.1, -0.05) is 0 Å². The monoisotopic (exact) mass is 317 g/mol. The van der Waals surface area contributed by atoms with Gasteiger partial charge in [0.1, 0.15) is 0 Å². The predicted octanol–water partition coefficient (Wildman–Crippen LogP) is 0.632. The molecular formula is C12H19N3O5S. The minimum atomic E-state index is -3.75. The Labute approximate surface area is 124 Å². The van der Waals surface area contributed by atoms with Gasteiger partial charge >= 0.3 is 16.2 Å². The number of pyridine rings is 1. The van der Waals surface area contributed by atoms with Crippen LogP contribution in [-0.4, -0.2) is 51.0 Å². The Hall–Kier alpha value is -1.87. The smallest absolute Gasteiger partial charge is 0.306 e. The number of hydrogen-bond donors (Lipinski definition) is 1. The van der Waals surface area contributed by atoms with Gasteiger partial charge < -0.3 is 9.47 Å². The first-order valence-corrected chi connectivity index (χ1v) is 7.72. The Balaban J connectivity index is 2.64. The number of rotatable bonds is 8. The van der Waals surface area contributed by atoms with E-state index in [0.717, 1.165) is 4.31 Å². The number of methoxy groups -OCH3 is 1. The number of carbonyl (C=O) groups excluding carboxylic acids is 1. The number of anilines is 1. The molecule has 0 aliphatic heterocycles. The molecule has 0 aromatic carbocycles. The van der Waals surface area contributed by atoms with Crippen molar-refractivity contribution >= 4 is 21.9 Å². The predicted molar refractivity (Wildman–Crippen MR) is 77.2 cm³/mol. The zero-order chi connectivity index (χ0) is 15.9. The summed E-state index contributed by atoms with van der Waals surface area (Å²) in [6.07, 6.45) is 1.34. The van der Waals surface area contributed by atoms with Crippen LogP contribution in [-0.2, 0) is 19.7 Å². The second-order valence-electron chi connectivity index (χ2n) is 4.07. The van der Waals surface area contributed by atoms with E-state index in [9.17, 15) is 13.2 Å². The van der Waals surface area contributed by atoms with Gasteiger partial charge in [-0.2, -0.15) is 12.7 Å². The van der Waals surface area contributed by atoms with Gasteiger partial charge in [0.05, 0.1) is 32.0 Å².